The van der Waals surface area contributed by atoms with Crippen LogP contribution in [0.1, 0.15) is 20.7 Å². The van der Waals surface area contributed by atoms with Crippen molar-refractivity contribution in [3.8, 4) is 0 Å². The average molecular weight is 165 g/mol. The predicted octanol–water partition coefficient (Wildman–Crippen LogP) is 0.709. The third-order valence-corrected chi connectivity index (χ3v) is 1.70. The zero-order valence-corrected chi connectivity index (χ0v) is 5.93. The van der Waals surface area contributed by atoms with Crippen LogP contribution in [0.3, 0.4) is 0 Å². The van der Waals surface area contributed by atoms with E-state index in [1.54, 1.807) is 0 Å². The first-order valence-electron chi connectivity index (χ1n) is 3.34. The smallest absolute Gasteiger partial charge is 0.259 e. The maximum Gasteiger partial charge on any atom is 0.259 e. The molecule has 0 radical (unpaired) electrons. The summed E-state index contributed by atoms with van der Waals surface area (Å²) in [6, 6.07) is 3.50. The van der Waals surface area contributed by atoms with Crippen LogP contribution < -0.4 is 5.32 Å². The molecule has 0 fully saturated rings. The van der Waals surface area contributed by atoms with Gasteiger partial charge in [0.05, 0.1) is 11.1 Å². The van der Waals surface area contributed by atoms with E-state index < -0.39 is 17.6 Å². The minimum atomic E-state index is -0.533. The molecule has 1 aliphatic heterocycles. The van der Waals surface area contributed by atoms with E-state index in [0.29, 0.717) is 0 Å². The van der Waals surface area contributed by atoms with Gasteiger partial charge in [-0.05, 0) is 18.2 Å². The first-order valence-corrected chi connectivity index (χ1v) is 3.34. The summed E-state index contributed by atoms with van der Waals surface area (Å²) in [4.78, 5) is 21.9. The quantitative estimate of drug-likeness (QED) is 0.575. The average Bonchev–Trinajstić information content (AvgIpc) is 2.28. The number of carbonyl (C=O) groups is 2. The van der Waals surface area contributed by atoms with Gasteiger partial charge in [-0.15, -0.1) is 0 Å². The Morgan fingerprint density at radius 3 is 2.50 bits per heavy atom. The van der Waals surface area contributed by atoms with Crippen molar-refractivity contribution >= 4 is 11.8 Å². The predicted molar refractivity (Wildman–Crippen MR) is 38.2 cm³/mol. The van der Waals surface area contributed by atoms with Crippen LogP contribution in [0, 0.1) is 5.82 Å². The van der Waals surface area contributed by atoms with Gasteiger partial charge in [0.25, 0.3) is 11.8 Å². The summed E-state index contributed by atoms with van der Waals surface area (Å²) in [6.07, 6.45) is 0. The molecule has 12 heavy (non-hydrogen) atoms. The minimum absolute atomic E-state index is 0.111. The Morgan fingerprint density at radius 1 is 1.08 bits per heavy atom. The van der Waals surface area contributed by atoms with Crippen molar-refractivity contribution < 1.29 is 14.0 Å². The molecule has 0 saturated carbocycles. The number of fused-ring (bicyclic) bond motifs is 1. The number of hydrogen-bond acceptors (Lipinski definition) is 2. The molecule has 0 aromatic heterocycles. The van der Waals surface area contributed by atoms with Crippen LogP contribution in [0.4, 0.5) is 4.39 Å². The molecule has 1 aromatic rings. The first kappa shape index (κ1) is 6.97. The van der Waals surface area contributed by atoms with E-state index in [9.17, 15) is 14.0 Å². The first-order chi connectivity index (χ1) is 5.68. The Balaban J connectivity index is 2.68. The molecule has 0 bridgehead atoms. The summed E-state index contributed by atoms with van der Waals surface area (Å²) < 4.78 is 12.6. The number of benzene rings is 1. The fourth-order valence-electron chi connectivity index (χ4n) is 1.14. The van der Waals surface area contributed by atoms with E-state index in [1.807, 2.05) is 0 Å². The van der Waals surface area contributed by atoms with Gasteiger partial charge in [-0.2, -0.15) is 0 Å². The number of amides is 2. The third kappa shape index (κ3) is 0.812. The molecule has 0 atom stereocenters. The van der Waals surface area contributed by atoms with Gasteiger partial charge in [0.1, 0.15) is 5.82 Å². The topological polar surface area (TPSA) is 46.2 Å². The Morgan fingerprint density at radius 2 is 1.75 bits per heavy atom. The zero-order chi connectivity index (χ0) is 8.72. The maximum absolute atomic E-state index is 12.6. The summed E-state index contributed by atoms with van der Waals surface area (Å²) >= 11 is 0. The van der Waals surface area contributed by atoms with Crippen molar-refractivity contribution in [1.29, 1.82) is 0 Å². The van der Waals surface area contributed by atoms with Crippen molar-refractivity contribution in [2.24, 2.45) is 0 Å². The van der Waals surface area contributed by atoms with Crippen molar-refractivity contribution in [2.75, 3.05) is 0 Å². The molecule has 2 rings (SSSR count). The van der Waals surface area contributed by atoms with Gasteiger partial charge >= 0.3 is 0 Å². The second-order valence-corrected chi connectivity index (χ2v) is 2.47. The lowest BCUT2D eigenvalue weighted by Crippen LogP contribution is -2.19. The molecule has 0 saturated heterocycles. The summed E-state index contributed by atoms with van der Waals surface area (Å²) in [5.74, 6) is -1.51. The van der Waals surface area contributed by atoms with Gasteiger partial charge in [0.15, 0.2) is 0 Å². The summed E-state index contributed by atoms with van der Waals surface area (Å²) in [5, 5.41) is 2.06. The minimum Gasteiger partial charge on any atom is -0.288 e. The second-order valence-electron chi connectivity index (χ2n) is 2.47. The van der Waals surface area contributed by atoms with Crippen LogP contribution in [-0.4, -0.2) is 11.8 Å². The van der Waals surface area contributed by atoms with E-state index >= 15 is 0 Å². The molecule has 1 aliphatic rings. The van der Waals surface area contributed by atoms with E-state index in [4.69, 9.17) is 0 Å². The molecule has 1 heterocycles. The molecule has 2 amide bonds. The Labute approximate surface area is 67.2 Å². The van der Waals surface area contributed by atoms with Gasteiger partial charge in [-0.3, -0.25) is 14.9 Å². The molecule has 60 valence electrons. The largest absolute Gasteiger partial charge is 0.288 e. The maximum atomic E-state index is 12.6. The molecule has 0 unspecified atom stereocenters. The normalized spacial score (nSPS) is 14.4. The van der Waals surface area contributed by atoms with Gasteiger partial charge < -0.3 is 0 Å². The number of hydrogen-bond donors (Lipinski definition) is 1. The molecule has 4 heteroatoms. The number of nitrogens with one attached hydrogen (secondary N) is 1. The second kappa shape index (κ2) is 2.14. The Kier molecular flexibility index (Phi) is 1.24. The Bertz CT molecular complexity index is 387. The zero-order valence-electron chi connectivity index (χ0n) is 5.93. The number of imide groups is 1. The summed E-state index contributed by atoms with van der Waals surface area (Å²) in [5.41, 5.74) is 0.349. The summed E-state index contributed by atoms with van der Waals surface area (Å²) in [7, 11) is 0. The SMILES string of the molecule is O=C1NC(=O)c2cc(F)ccc21. The highest BCUT2D eigenvalue weighted by Gasteiger charge is 2.26. The van der Waals surface area contributed by atoms with Crippen molar-refractivity contribution in [1.82, 2.24) is 5.32 Å². The molecule has 1 aromatic carbocycles. The highest BCUT2D eigenvalue weighted by molar-refractivity contribution is 6.21. The fourth-order valence-corrected chi connectivity index (χ4v) is 1.14. The molecule has 1 N–H and O–H groups in total. The number of carbonyl (C=O) groups excluding carboxylic acids is 2. The van der Waals surface area contributed by atoms with Crippen LogP contribution in [0.2, 0.25) is 0 Å². The number of halogens is 1. The monoisotopic (exact) mass is 165 g/mol. The van der Waals surface area contributed by atoms with Gasteiger partial charge in [0, 0.05) is 0 Å². The molecular weight excluding hydrogens is 161 g/mol. The van der Waals surface area contributed by atoms with E-state index in [2.05, 4.69) is 5.32 Å². The van der Waals surface area contributed by atoms with Crippen LogP contribution >= 0.6 is 0 Å². The standard InChI is InChI=1S/C8H4FNO2/c9-4-1-2-5-6(3-4)8(12)10-7(5)11/h1-3H,(H,10,11,12). The van der Waals surface area contributed by atoms with Crippen LogP contribution in [-0.2, 0) is 0 Å². The van der Waals surface area contributed by atoms with Crippen molar-refractivity contribution in [3.05, 3.63) is 35.1 Å². The van der Waals surface area contributed by atoms with Crippen LogP contribution in [0.25, 0.3) is 0 Å². The molecule has 0 spiro atoms. The number of rotatable bonds is 0. The van der Waals surface area contributed by atoms with E-state index in [-0.39, 0.29) is 11.1 Å². The van der Waals surface area contributed by atoms with Crippen molar-refractivity contribution in [2.45, 2.75) is 0 Å². The van der Waals surface area contributed by atoms with E-state index in [0.717, 1.165) is 12.1 Å². The van der Waals surface area contributed by atoms with E-state index in [1.165, 1.54) is 6.07 Å². The lowest BCUT2D eigenvalue weighted by atomic mass is 10.1. The van der Waals surface area contributed by atoms with Gasteiger partial charge in [-0.1, -0.05) is 0 Å². The van der Waals surface area contributed by atoms with Crippen molar-refractivity contribution in [3.63, 3.8) is 0 Å². The van der Waals surface area contributed by atoms with Crippen LogP contribution in [0.15, 0.2) is 18.2 Å². The molecular formula is C8H4FNO2. The molecule has 0 aliphatic carbocycles. The lowest BCUT2D eigenvalue weighted by molar-refractivity contribution is 0.0879. The lowest BCUT2D eigenvalue weighted by Gasteiger charge is -1.91. The molecule has 3 nitrogen and oxygen atoms in total. The Hall–Kier alpha value is -1.71. The van der Waals surface area contributed by atoms with Gasteiger partial charge in [-0.25, -0.2) is 4.39 Å². The highest BCUT2D eigenvalue weighted by Crippen LogP contribution is 2.15. The highest BCUT2D eigenvalue weighted by atomic mass is 19.1. The van der Waals surface area contributed by atoms with Gasteiger partial charge in [0.2, 0.25) is 0 Å². The summed E-state index contributed by atoms with van der Waals surface area (Å²) in [6.45, 7) is 0. The third-order valence-electron chi connectivity index (χ3n) is 1.70. The van der Waals surface area contributed by atoms with Crippen LogP contribution in [0.5, 0.6) is 0 Å². The fraction of sp³-hybridized carbons (Fsp3) is 0.